The van der Waals surface area contributed by atoms with Crippen molar-refractivity contribution >= 4 is 22.1 Å². The Morgan fingerprint density at radius 2 is 1.31 bits per heavy atom. The van der Waals surface area contributed by atoms with Crippen LogP contribution in [0.5, 0.6) is 0 Å². The van der Waals surface area contributed by atoms with Crippen molar-refractivity contribution in [3.05, 3.63) is 0 Å². The van der Waals surface area contributed by atoms with E-state index in [1.165, 1.54) is 0 Å². The highest BCUT2D eigenvalue weighted by Gasteiger charge is 2.33. The minimum atomic E-state index is -4.66. The Morgan fingerprint density at radius 3 is 1.72 bits per heavy atom. The summed E-state index contributed by atoms with van der Waals surface area (Å²) in [6.07, 6.45) is 7.10. The molecule has 3 atom stereocenters. The maximum atomic E-state index is 12.2. The lowest BCUT2D eigenvalue weighted by Crippen LogP contribution is -2.33. The van der Waals surface area contributed by atoms with Gasteiger partial charge in [0.1, 0.15) is 0 Å². The zero-order chi connectivity index (χ0) is 22.3. The maximum absolute atomic E-state index is 12.2. The Bertz CT molecular complexity index is 559. The number of carbonyl (C=O) groups excluding carboxylic acids is 2. The van der Waals surface area contributed by atoms with Gasteiger partial charge in [0.2, 0.25) is 0 Å². The second kappa shape index (κ2) is 15.7. The molecule has 0 fully saturated rings. The van der Waals surface area contributed by atoms with Crippen LogP contribution in [0.25, 0.3) is 0 Å². The van der Waals surface area contributed by atoms with E-state index in [4.69, 9.17) is 9.47 Å². The minimum absolute atomic E-state index is 0.113. The van der Waals surface area contributed by atoms with Gasteiger partial charge in [0.15, 0.2) is 5.25 Å². The predicted octanol–water partition coefficient (Wildman–Crippen LogP) is 4.54. The first-order valence-electron chi connectivity index (χ1n) is 11.0. The van der Waals surface area contributed by atoms with Gasteiger partial charge < -0.3 is 9.47 Å². The van der Waals surface area contributed by atoms with E-state index in [1.807, 2.05) is 13.8 Å². The number of esters is 2. The third-order valence-corrected chi connectivity index (χ3v) is 6.41. The SMILES string of the molecule is CCCCC(CC)COC(=O)CCC(C(=O)OCC(CC)CCCC)S(=O)(=O)O. The molecule has 0 aliphatic rings. The fourth-order valence-corrected chi connectivity index (χ4v) is 3.74. The monoisotopic (exact) mass is 436 g/mol. The van der Waals surface area contributed by atoms with Gasteiger partial charge in [0.25, 0.3) is 10.1 Å². The van der Waals surface area contributed by atoms with Crippen LogP contribution in [0.15, 0.2) is 0 Å². The molecular weight excluding hydrogens is 396 g/mol. The summed E-state index contributed by atoms with van der Waals surface area (Å²) < 4.78 is 43.0. The minimum Gasteiger partial charge on any atom is -0.465 e. The van der Waals surface area contributed by atoms with E-state index in [1.54, 1.807) is 0 Å². The zero-order valence-corrected chi connectivity index (χ0v) is 19.3. The summed E-state index contributed by atoms with van der Waals surface area (Å²) >= 11 is 0. The number of rotatable bonds is 17. The van der Waals surface area contributed by atoms with Crippen LogP contribution >= 0.6 is 0 Å². The van der Waals surface area contributed by atoms with Crippen molar-refractivity contribution in [1.29, 1.82) is 0 Å². The summed E-state index contributed by atoms with van der Waals surface area (Å²) in [5.41, 5.74) is 0. The molecular formula is C21H40O7S. The van der Waals surface area contributed by atoms with Crippen LogP contribution in [0.3, 0.4) is 0 Å². The molecule has 1 N–H and O–H groups in total. The molecule has 0 spiro atoms. The van der Waals surface area contributed by atoms with Gasteiger partial charge in [-0.2, -0.15) is 8.42 Å². The van der Waals surface area contributed by atoms with Crippen molar-refractivity contribution in [2.75, 3.05) is 13.2 Å². The Kier molecular flexibility index (Phi) is 15.0. The standard InChI is InChI=1S/C21H40O7S/c1-5-9-11-17(7-3)15-27-20(22)14-13-19(29(24,25)26)21(23)28-16-18(8-4)12-10-6-2/h17-19H,5-16H2,1-4H3,(H,24,25,26). The first kappa shape index (κ1) is 27.8. The van der Waals surface area contributed by atoms with Crippen molar-refractivity contribution < 1.29 is 32.0 Å². The van der Waals surface area contributed by atoms with Crippen LogP contribution in [0.4, 0.5) is 0 Å². The van der Waals surface area contributed by atoms with Gasteiger partial charge in [0.05, 0.1) is 13.2 Å². The summed E-state index contributed by atoms with van der Waals surface area (Å²) in [4.78, 5) is 24.2. The average Bonchev–Trinajstić information content (AvgIpc) is 2.67. The molecule has 0 rings (SSSR count). The molecule has 3 unspecified atom stereocenters. The molecule has 0 aromatic rings. The van der Waals surface area contributed by atoms with Crippen molar-refractivity contribution in [3.8, 4) is 0 Å². The van der Waals surface area contributed by atoms with Crippen LogP contribution in [-0.2, 0) is 29.2 Å². The number of ether oxygens (including phenoxy) is 2. The molecule has 0 aliphatic carbocycles. The predicted molar refractivity (Wildman–Crippen MR) is 113 cm³/mol. The molecule has 0 aromatic carbocycles. The normalized spacial score (nSPS) is 14.8. The Hall–Kier alpha value is -1.15. The number of carbonyl (C=O) groups is 2. The first-order valence-corrected chi connectivity index (χ1v) is 12.5. The fraction of sp³-hybridized carbons (Fsp3) is 0.905. The van der Waals surface area contributed by atoms with Crippen LogP contribution in [0.2, 0.25) is 0 Å². The maximum Gasteiger partial charge on any atom is 0.326 e. The van der Waals surface area contributed by atoms with E-state index in [0.29, 0.717) is 0 Å². The van der Waals surface area contributed by atoms with Crippen molar-refractivity contribution in [3.63, 3.8) is 0 Å². The quantitative estimate of drug-likeness (QED) is 0.263. The van der Waals surface area contributed by atoms with Crippen molar-refractivity contribution in [2.45, 2.75) is 97.2 Å². The topological polar surface area (TPSA) is 107 Å². The van der Waals surface area contributed by atoms with Gasteiger partial charge in [-0.05, 0) is 31.1 Å². The molecule has 0 heterocycles. The number of hydrogen-bond donors (Lipinski definition) is 1. The van der Waals surface area contributed by atoms with E-state index >= 15 is 0 Å². The van der Waals surface area contributed by atoms with Gasteiger partial charge in [-0.3, -0.25) is 14.1 Å². The van der Waals surface area contributed by atoms with E-state index in [-0.39, 0.29) is 37.9 Å². The third kappa shape index (κ3) is 12.9. The van der Waals surface area contributed by atoms with E-state index < -0.39 is 27.3 Å². The largest absolute Gasteiger partial charge is 0.465 e. The van der Waals surface area contributed by atoms with Gasteiger partial charge in [-0.1, -0.05) is 66.2 Å². The van der Waals surface area contributed by atoms with Crippen LogP contribution < -0.4 is 0 Å². The molecule has 0 aliphatic heterocycles. The molecule has 0 saturated carbocycles. The highest BCUT2D eigenvalue weighted by Crippen LogP contribution is 2.17. The average molecular weight is 437 g/mol. The lowest BCUT2D eigenvalue weighted by Gasteiger charge is -2.18. The Balaban J connectivity index is 4.61. The third-order valence-electron chi connectivity index (χ3n) is 5.26. The number of unbranched alkanes of at least 4 members (excludes halogenated alkanes) is 2. The van der Waals surface area contributed by atoms with Crippen molar-refractivity contribution in [2.24, 2.45) is 11.8 Å². The fourth-order valence-electron chi connectivity index (χ4n) is 3.01. The number of hydrogen-bond acceptors (Lipinski definition) is 6. The molecule has 8 heteroatoms. The van der Waals surface area contributed by atoms with Gasteiger partial charge in [0, 0.05) is 6.42 Å². The summed E-state index contributed by atoms with van der Waals surface area (Å²) in [7, 11) is -4.66. The zero-order valence-electron chi connectivity index (χ0n) is 18.5. The van der Waals surface area contributed by atoms with E-state index in [0.717, 1.165) is 51.4 Å². The summed E-state index contributed by atoms with van der Waals surface area (Å²) in [5.74, 6) is -1.16. The lowest BCUT2D eigenvalue weighted by atomic mass is 10.0. The van der Waals surface area contributed by atoms with Gasteiger partial charge in [-0.25, -0.2) is 0 Å². The molecule has 29 heavy (non-hydrogen) atoms. The van der Waals surface area contributed by atoms with Gasteiger partial charge in [-0.15, -0.1) is 0 Å². The molecule has 0 saturated heterocycles. The highest BCUT2D eigenvalue weighted by atomic mass is 32.2. The lowest BCUT2D eigenvalue weighted by molar-refractivity contribution is -0.146. The molecule has 172 valence electrons. The molecule has 0 amide bonds. The second-order valence-corrected chi connectivity index (χ2v) is 9.29. The van der Waals surface area contributed by atoms with Crippen LogP contribution in [0.1, 0.15) is 91.9 Å². The molecule has 7 nitrogen and oxygen atoms in total. The second-order valence-electron chi connectivity index (χ2n) is 7.69. The summed E-state index contributed by atoms with van der Waals surface area (Å²) in [5, 5.41) is -1.76. The Labute approximate surface area is 176 Å². The summed E-state index contributed by atoms with van der Waals surface area (Å²) in [6.45, 7) is 8.57. The smallest absolute Gasteiger partial charge is 0.326 e. The molecule has 0 aromatic heterocycles. The van der Waals surface area contributed by atoms with E-state index in [9.17, 15) is 22.6 Å². The molecule has 0 bridgehead atoms. The summed E-state index contributed by atoms with van der Waals surface area (Å²) in [6, 6.07) is 0. The molecule has 0 radical (unpaired) electrons. The van der Waals surface area contributed by atoms with Crippen molar-refractivity contribution in [1.82, 2.24) is 0 Å². The van der Waals surface area contributed by atoms with Crippen LogP contribution in [-0.4, -0.2) is 43.4 Å². The Morgan fingerprint density at radius 1 is 0.828 bits per heavy atom. The van der Waals surface area contributed by atoms with Crippen LogP contribution in [0, 0.1) is 11.8 Å². The van der Waals surface area contributed by atoms with Gasteiger partial charge >= 0.3 is 11.9 Å². The highest BCUT2D eigenvalue weighted by molar-refractivity contribution is 7.87. The van der Waals surface area contributed by atoms with E-state index in [2.05, 4.69) is 13.8 Å². The first-order chi connectivity index (χ1) is 13.7.